The molecule has 1 aromatic heterocycles. The summed E-state index contributed by atoms with van der Waals surface area (Å²) in [5.41, 5.74) is 7.56. The number of benzene rings is 1. The summed E-state index contributed by atoms with van der Waals surface area (Å²) in [6.45, 7) is 0. The number of aromatic nitrogens is 2. The molecule has 1 aliphatic carbocycles. The van der Waals surface area contributed by atoms with Crippen molar-refractivity contribution in [1.29, 1.82) is 0 Å². The molecule has 0 radical (unpaired) electrons. The van der Waals surface area contributed by atoms with Crippen LogP contribution in [-0.2, 0) is 5.54 Å². The van der Waals surface area contributed by atoms with Crippen LogP contribution >= 0.6 is 0 Å². The van der Waals surface area contributed by atoms with Crippen molar-refractivity contribution in [3.05, 3.63) is 36.2 Å². The topological polar surface area (TPSA) is 51.8 Å². The van der Waals surface area contributed by atoms with E-state index in [4.69, 9.17) is 5.73 Å². The lowest BCUT2D eigenvalue weighted by Gasteiger charge is -2.24. The van der Waals surface area contributed by atoms with Crippen molar-refractivity contribution >= 4 is 10.8 Å². The Kier molecular flexibility index (Phi) is 2.14. The fourth-order valence-electron chi connectivity index (χ4n) is 2.60. The third-order valence-electron chi connectivity index (χ3n) is 3.62. The van der Waals surface area contributed by atoms with Crippen LogP contribution < -0.4 is 5.73 Å². The molecule has 0 unspecified atom stereocenters. The molecule has 3 nitrogen and oxygen atoms in total. The number of hydrogen-bond acceptors (Lipinski definition) is 3. The highest BCUT2D eigenvalue weighted by Crippen LogP contribution is 2.37. The number of nitrogens with two attached hydrogens (primary N) is 1. The highest BCUT2D eigenvalue weighted by molar-refractivity contribution is 5.81. The molecule has 1 heterocycles. The van der Waals surface area contributed by atoms with Gasteiger partial charge in [0.25, 0.3) is 0 Å². The maximum Gasteiger partial charge on any atom is 0.0574 e. The van der Waals surface area contributed by atoms with E-state index in [1.807, 2.05) is 0 Å². The largest absolute Gasteiger partial charge is 0.321 e. The predicted molar refractivity (Wildman–Crippen MR) is 63.9 cm³/mol. The summed E-state index contributed by atoms with van der Waals surface area (Å²) in [5.74, 6) is 0. The second-order valence-electron chi connectivity index (χ2n) is 4.70. The van der Waals surface area contributed by atoms with Crippen molar-refractivity contribution in [3.63, 3.8) is 0 Å². The van der Waals surface area contributed by atoms with Crippen LogP contribution in [0.2, 0.25) is 0 Å². The smallest absolute Gasteiger partial charge is 0.0574 e. The Morgan fingerprint density at radius 1 is 1.00 bits per heavy atom. The van der Waals surface area contributed by atoms with Gasteiger partial charge in [0.2, 0.25) is 0 Å². The quantitative estimate of drug-likeness (QED) is 0.791. The molecule has 1 saturated carbocycles. The molecule has 1 aliphatic rings. The summed E-state index contributed by atoms with van der Waals surface area (Å²) in [6, 6.07) is 6.39. The molecule has 0 aliphatic heterocycles. The SMILES string of the molecule is NC1(c2ccc3cnncc3c2)CCCC1. The zero-order chi connectivity index (χ0) is 11.0. The van der Waals surface area contributed by atoms with E-state index >= 15 is 0 Å². The Labute approximate surface area is 94.7 Å². The fraction of sp³-hybridized carbons (Fsp3) is 0.385. The molecule has 2 aromatic rings. The molecule has 1 aromatic carbocycles. The summed E-state index contributed by atoms with van der Waals surface area (Å²) < 4.78 is 0. The second kappa shape index (κ2) is 3.52. The third-order valence-corrected chi connectivity index (χ3v) is 3.62. The van der Waals surface area contributed by atoms with Crippen molar-refractivity contribution in [1.82, 2.24) is 10.2 Å². The van der Waals surface area contributed by atoms with E-state index in [9.17, 15) is 0 Å². The van der Waals surface area contributed by atoms with Gasteiger partial charge in [-0.15, -0.1) is 0 Å². The van der Waals surface area contributed by atoms with E-state index in [-0.39, 0.29) is 5.54 Å². The summed E-state index contributed by atoms with van der Waals surface area (Å²) in [5, 5.41) is 10.0. The van der Waals surface area contributed by atoms with E-state index in [1.54, 1.807) is 12.4 Å². The summed E-state index contributed by atoms with van der Waals surface area (Å²) in [7, 11) is 0. The molecule has 2 N–H and O–H groups in total. The van der Waals surface area contributed by atoms with E-state index in [1.165, 1.54) is 18.4 Å². The van der Waals surface area contributed by atoms with Crippen molar-refractivity contribution < 1.29 is 0 Å². The minimum atomic E-state index is -0.114. The number of rotatable bonds is 1. The molecule has 0 saturated heterocycles. The van der Waals surface area contributed by atoms with Crippen LogP contribution in [-0.4, -0.2) is 10.2 Å². The Morgan fingerprint density at radius 2 is 1.69 bits per heavy atom. The van der Waals surface area contributed by atoms with Crippen molar-refractivity contribution in [2.24, 2.45) is 5.73 Å². The van der Waals surface area contributed by atoms with Crippen LogP contribution in [0, 0.1) is 0 Å². The van der Waals surface area contributed by atoms with Gasteiger partial charge in [-0.1, -0.05) is 25.0 Å². The Balaban J connectivity index is 2.11. The third kappa shape index (κ3) is 1.48. The highest BCUT2D eigenvalue weighted by Gasteiger charge is 2.31. The van der Waals surface area contributed by atoms with Crippen molar-refractivity contribution in [2.75, 3.05) is 0 Å². The summed E-state index contributed by atoms with van der Waals surface area (Å²) >= 11 is 0. The Bertz CT molecular complexity index is 515. The van der Waals surface area contributed by atoms with Crippen molar-refractivity contribution in [3.8, 4) is 0 Å². The number of fused-ring (bicyclic) bond motifs is 1. The molecule has 0 atom stereocenters. The first-order chi connectivity index (χ1) is 7.78. The first-order valence-corrected chi connectivity index (χ1v) is 5.78. The van der Waals surface area contributed by atoms with Gasteiger partial charge in [0.15, 0.2) is 0 Å². The number of nitrogens with zero attached hydrogens (tertiary/aromatic N) is 2. The van der Waals surface area contributed by atoms with Crippen LogP contribution in [0.15, 0.2) is 30.6 Å². The van der Waals surface area contributed by atoms with Gasteiger partial charge in [0, 0.05) is 16.3 Å². The summed E-state index contributed by atoms with van der Waals surface area (Å²) in [4.78, 5) is 0. The average Bonchev–Trinajstić information content (AvgIpc) is 2.77. The maximum absolute atomic E-state index is 6.44. The standard InChI is InChI=1S/C13H15N3/c14-13(5-1-2-6-13)12-4-3-10-8-15-16-9-11(10)7-12/h3-4,7-9H,1-2,5-6,14H2. The van der Waals surface area contributed by atoms with Gasteiger partial charge in [-0.05, 0) is 24.5 Å². The predicted octanol–water partition coefficient (Wildman–Crippen LogP) is 2.36. The Morgan fingerprint density at radius 3 is 2.44 bits per heavy atom. The molecule has 0 spiro atoms. The molecule has 3 rings (SSSR count). The van der Waals surface area contributed by atoms with E-state index in [2.05, 4.69) is 28.4 Å². The molecule has 16 heavy (non-hydrogen) atoms. The van der Waals surface area contributed by atoms with Gasteiger partial charge in [0.1, 0.15) is 0 Å². The fourth-order valence-corrected chi connectivity index (χ4v) is 2.60. The van der Waals surface area contributed by atoms with Crippen LogP contribution in [0.25, 0.3) is 10.8 Å². The highest BCUT2D eigenvalue weighted by atomic mass is 15.1. The van der Waals surface area contributed by atoms with Crippen LogP contribution in [0.3, 0.4) is 0 Å². The van der Waals surface area contributed by atoms with Crippen molar-refractivity contribution in [2.45, 2.75) is 31.2 Å². The van der Waals surface area contributed by atoms with E-state index < -0.39 is 0 Å². The zero-order valence-corrected chi connectivity index (χ0v) is 9.19. The molecule has 0 bridgehead atoms. The number of hydrogen-bond donors (Lipinski definition) is 1. The van der Waals surface area contributed by atoms with Gasteiger partial charge in [-0.3, -0.25) is 0 Å². The van der Waals surface area contributed by atoms with Crippen LogP contribution in [0.1, 0.15) is 31.2 Å². The van der Waals surface area contributed by atoms with Crippen LogP contribution in [0.4, 0.5) is 0 Å². The normalized spacial score (nSPS) is 19.1. The first kappa shape index (κ1) is 9.73. The Hall–Kier alpha value is -1.48. The molecule has 82 valence electrons. The molecule has 0 amide bonds. The molecule has 1 fully saturated rings. The lowest BCUT2D eigenvalue weighted by molar-refractivity contribution is 0.462. The summed E-state index contributed by atoms with van der Waals surface area (Å²) in [6.07, 6.45) is 8.26. The lowest BCUT2D eigenvalue weighted by atomic mass is 9.88. The lowest BCUT2D eigenvalue weighted by Crippen LogP contribution is -2.32. The maximum atomic E-state index is 6.44. The second-order valence-corrected chi connectivity index (χ2v) is 4.70. The van der Waals surface area contributed by atoms with Gasteiger partial charge in [0.05, 0.1) is 12.4 Å². The molecule has 3 heteroatoms. The zero-order valence-electron chi connectivity index (χ0n) is 9.19. The van der Waals surface area contributed by atoms with Gasteiger partial charge < -0.3 is 5.73 Å². The van der Waals surface area contributed by atoms with Gasteiger partial charge in [-0.2, -0.15) is 10.2 Å². The molecular weight excluding hydrogens is 198 g/mol. The van der Waals surface area contributed by atoms with Gasteiger partial charge >= 0.3 is 0 Å². The molecular formula is C13H15N3. The van der Waals surface area contributed by atoms with E-state index in [0.29, 0.717) is 0 Å². The van der Waals surface area contributed by atoms with Crippen LogP contribution in [0.5, 0.6) is 0 Å². The minimum Gasteiger partial charge on any atom is -0.321 e. The minimum absolute atomic E-state index is 0.114. The first-order valence-electron chi connectivity index (χ1n) is 5.78. The van der Waals surface area contributed by atoms with Gasteiger partial charge in [-0.25, -0.2) is 0 Å². The monoisotopic (exact) mass is 213 g/mol. The van der Waals surface area contributed by atoms with E-state index in [0.717, 1.165) is 23.6 Å². The average molecular weight is 213 g/mol.